The molecule has 4 aromatic carbocycles. The second-order valence-electron chi connectivity index (χ2n) is 11.9. The average Bonchev–Trinajstić information content (AvgIpc) is 3.59. The molecule has 10 heteroatoms. The molecule has 2 N–H and O–H groups in total. The van der Waals surface area contributed by atoms with Crippen LogP contribution in [0.25, 0.3) is 0 Å². The predicted molar refractivity (Wildman–Crippen MR) is 181 cm³/mol. The minimum Gasteiger partial charge on any atom is -0.493 e. The minimum atomic E-state index is -0.177. The van der Waals surface area contributed by atoms with Crippen LogP contribution in [0, 0.1) is 0 Å². The largest absolute Gasteiger partial charge is 0.493 e. The molecule has 4 aromatic rings. The fraction of sp³-hybridized carbons (Fsp3) is 0.270. The lowest BCUT2D eigenvalue weighted by Gasteiger charge is -2.24. The van der Waals surface area contributed by atoms with Gasteiger partial charge in [0.1, 0.15) is 0 Å². The number of amides is 2. The number of ether oxygens (including phenoxy) is 4. The summed E-state index contributed by atoms with van der Waals surface area (Å²) < 4.78 is 23.3. The van der Waals surface area contributed by atoms with Gasteiger partial charge in [-0.25, -0.2) is 0 Å². The average molecular weight is 633 g/mol. The van der Waals surface area contributed by atoms with Crippen LogP contribution < -0.4 is 34.5 Å². The number of hydrogen-bond acceptors (Lipinski definition) is 8. The monoisotopic (exact) mass is 632 g/mol. The summed E-state index contributed by atoms with van der Waals surface area (Å²) in [5.74, 6) is 1.50. The Morgan fingerprint density at radius 3 is 2.21 bits per heavy atom. The van der Waals surface area contributed by atoms with Crippen LogP contribution in [0.5, 0.6) is 23.0 Å². The number of carbonyl (C=O) groups excluding carboxylic acids is 2. The van der Waals surface area contributed by atoms with Gasteiger partial charge in [0, 0.05) is 54.3 Å². The van der Waals surface area contributed by atoms with Crippen LogP contribution in [-0.2, 0) is 12.8 Å². The number of nitrogen functional groups attached to an aromatic ring is 1. The molecule has 0 spiro atoms. The minimum absolute atomic E-state index is 0.0154. The molecule has 47 heavy (non-hydrogen) atoms. The van der Waals surface area contributed by atoms with E-state index in [-0.39, 0.29) is 23.9 Å². The summed E-state index contributed by atoms with van der Waals surface area (Å²) in [6.45, 7) is 2.65. The van der Waals surface area contributed by atoms with E-state index in [0.717, 1.165) is 35.3 Å². The van der Waals surface area contributed by atoms with Crippen LogP contribution in [-0.4, -0.2) is 57.5 Å². The molecule has 0 bridgehead atoms. The van der Waals surface area contributed by atoms with Crippen LogP contribution in [0.15, 0.2) is 77.8 Å². The fourth-order valence-corrected chi connectivity index (χ4v) is 6.65. The lowest BCUT2D eigenvalue weighted by atomic mass is 10.1. The van der Waals surface area contributed by atoms with Crippen LogP contribution in [0.2, 0.25) is 0 Å². The van der Waals surface area contributed by atoms with Gasteiger partial charge >= 0.3 is 0 Å². The maximum Gasteiger partial charge on any atom is 0.261 e. The first-order valence-electron chi connectivity index (χ1n) is 15.7. The number of benzene rings is 4. The quantitative estimate of drug-likeness (QED) is 0.177. The highest BCUT2D eigenvalue weighted by molar-refractivity contribution is 6.15. The van der Waals surface area contributed by atoms with Gasteiger partial charge in [0.25, 0.3) is 11.8 Å². The standard InChI is InChI=1S/C37H36N4O6/c1-22-15-23-9-4-6-11-30(23)40(22)36(42)26-17-32(44-2)34(19-28(26)38)46-13-8-14-47-35-20-29-27(18-33(35)45-3)37(43)41-25(21-39-29)16-24-10-5-7-12-31(24)41/h4-7,9-12,17-22,25H,8,13-16,38H2,1-3H3/t22-,25+/m1/s1. The molecule has 10 nitrogen and oxygen atoms in total. The van der Waals surface area contributed by atoms with E-state index in [0.29, 0.717) is 65.1 Å². The highest BCUT2D eigenvalue weighted by atomic mass is 16.5. The first-order chi connectivity index (χ1) is 22.9. The fourth-order valence-electron chi connectivity index (χ4n) is 6.65. The molecule has 240 valence electrons. The molecular formula is C37H36N4O6. The molecule has 0 aromatic heterocycles. The summed E-state index contributed by atoms with van der Waals surface area (Å²) in [6.07, 6.45) is 3.87. The molecule has 0 aliphatic carbocycles. The number of carbonyl (C=O) groups is 2. The second-order valence-corrected chi connectivity index (χ2v) is 11.9. The third-order valence-corrected chi connectivity index (χ3v) is 8.92. The first-order valence-corrected chi connectivity index (χ1v) is 15.7. The number of methoxy groups -OCH3 is 2. The number of para-hydroxylation sites is 2. The molecule has 2 atom stereocenters. The number of anilines is 3. The summed E-state index contributed by atoms with van der Waals surface area (Å²) in [5, 5.41) is 0. The topological polar surface area (TPSA) is 116 Å². The van der Waals surface area contributed by atoms with Crippen molar-refractivity contribution in [2.75, 3.05) is 43.0 Å². The molecule has 0 radical (unpaired) electrons. The smallest absolute Gasteiger partial charge is 0.261 e. The van der Waals surface area contributed by atoms with E-state index in [1.54, 1.807) is 41.2 Å². The molecule has 3 heterocycles. The highest BCUT2D eigenvalue weighted by Crippen LogP contribution is 2.41. The Labute approximate surface area is 273 Å². The lowest BCUT2D eigenvalue weighted by molar-refractivity contribution is 0.0976. The van der Waals surface area contributed by atoms with E-state index in [2.05, 4.69) is 4.99 Å². The van der Waals surface area contributed by atoms with E-state index < -0.39 is 0 Å². The lowest BCUT2D eigenvalue weighted by Crippen LogP contribution is -2.37. The zero-order chi connectivity index (χ0) is 32.7. The number of fused-ring (bicyclic) bond motifs is 5. The Bertz CT molecular complexity index is 1910. The zero-order valence-electron chi connectivity index (χ0n) is 26.6. The molecule has 0 saturated heterocycles. The normalized spacial score (nSPS) is 17.4. The van der Waals surface area contributed by atoms with Crippen molar-refractivity contribution in [3.63, 3.8) is 0 Å². The third-order valence-electron chi connectivity index (χ3n) is 8.92. The Morgan fingerprint density at radius 1 is 0.851 bits per heavy atom. The van der Waals surface area contributed by atoms with Crippen LogP contribution in [0.1, 0.15) is 45.2 Å². The highest BCUT2D eigenvalue weighted by Gasteiger charge is 2.37. The van der Waals surface area contributed by atoms with Crippen molar-refractivity contribution in [3.05, 3.63) is 95.1 Å². The van der Waals surface area contributed by atoms with E-state index in [1.807, 2.05) is 61.7 Å². The van der Waals surface area contributed by atoms with Gasteiger partial charge in [-0.2, -0.15) is 0 Å². The molecule has 3 aliphatic rings. The van der Waals surface area contributed by atoms with Crippen molar-refractivity contribution < 1.29 is 28.5 Å². The predicted octanol–water partition coefficient (Wildman–Crippen LogP) is 6.01. The van der Waals surface area contributed by atoms with Crippen molar-refractivity contribution in [2.45, 2.75) is 38.3 Å². The van der Waals surface area contributed by atoms with Crippen molar-refractivity contribution in [1.82, 2.24) is 0 Å². The van der Waals surface area contributed by atoms with Gasteiger partial charge in [-0.3, -0.25) is 19.5 Å². The summed E-state index contributed by atoms with van der Waals surface area (Å²) >= 11 is 0. The molecule has 0 saturated carbocycles. The van der Waals surface area contributed by atoms with Crippen molar-refractivity contribution >= 4 is 40.8 Å². The zero-order valence-corrected chi connectivity index (χ0v) is 26.6. The Kier molecular flexibility index (Phi) is 7.93. The van der Waals surface area contributed by atoms with Gasteiger partial charge in [0.15, 0.2) is 23.0 Å². The molecular weight excluding hydrogens is 596 g/mol. The Balaban J connectivity index is 1.00. The summed E-state index contributed by atoms with van der Waals surface area (Å²) in [6, 6.07) is 22.4. The van der Waals surface area contributed by atoms with Gasteiger partial charge in [-0.1, -0.05) is 36.4 Å². The number of rotatable bonds is 9. The van der Waals surface area contributed by atoms with Crippen LogP contribution >= 0.6 is 0 Å². The molecule has 0 fully saturated rings. The number of hydrogen-bond donors (Lipinski definition) is 1. The van der Waals surface area contributed by atoms with Gasteiger partial charge in [-0.15, -0.1) is 0 Å². The van der Waals surface area contributed by atoms with Crippen LogP contribution in [0.4, 0.5) is 22.7 Å². The second kappa shape index (κ2) is 12.4. The molecule has 3 aliphatic heterocycles. The number of nitrogens with zero attached hydrogens (tertiary/aromatic N) is 3. The summed E-state index contributed by atoms with van der Waals surface area (Å²) in [5.41, 5.74) is 12.1. The number of aliphatic imine (C=N–C) groups is 1. The van der Waals surface area contributed by atoms with Gasteiger partial charge in [-0.05, 0) is 48.7 Å². The Morgan fingerprint density at radius 2 is 1.49 bits per heavy atom. The van der Waals surface area contributed by atoms with E-state index in [9.17, 15) is 9.59 Å². The molecule has 2 amide bonds. The van der Waals surface area contributed by atoms with Gasteiger partial charge in [0.2, 0.25) is 0 Å². The Hall–Kier alpha value is -5.51. The van der Waals surface area contributed by atoms with Crippen LogP contribution in [0.3, 0.4) is 0 Å². The summed E-state index contributed by atoms with van der Waals surface area (Å²) in [4.78, 5) is 35.5. The number of nitrogens with two attached hydrogens (primary N) is 1. The maximum atomic E-state index is 13.7. The van der Waals surface area contributed by atoms with Gasteiger partial charge < -0.3 is 29.6 Å². The van der Waals surface area contributed by atoms with Crippen molar-refractivity contribution in [2.24, 2.45) is 4.99 Å². The summed E-state index contributed by atoms with van der Waals surface area (Å²) in [7, 11) is 3.08. The third kappa shape index (κ3) is 5.39. The van der Waals surface area contributed by atoms with Crippen molar-refractivity contribution in [1.29, 1.82) is 0 Å². The van der Waals surface area contributed by atoms with E-state index >= 15 is 0 Å². The SMILES string of the molecule is COc1cc(C(=O)N2c3ccccc3C[C@H]2C)c(N)cc1OCCCOc1cc2c(cc1OC)C(=O)N1c3ccccc3C[C@H]1C=N2. The molecule has 0 unspecified atom stereocenters. The van der Waals surface area contributed by atoms with Gasteiger partial charge in [0.05, 0.1) is 50.3 Å². The maximum absolute atomic E-state index is 13.7. The molecule has 7 rings (SSSR count). The first kappa shape index (κ1) is 30.2. The van der Waals surface area contributed by atoms with E-state index in [1.165, 1.54) is 7.11 Å². The van der Waals surface area contributed by atoms with Crippen molar-refractivity contribution in [3.8, 4) is 23.0 Å². The van der Waals surface area contributed by atoms with E-state index in [4.69, 9.17) is 24.7 Å².